The Balaban J connectivity index is 3.21. The zero-order valence-electron chi connectivity index (χ0n) is 19.7. The van der Waals surface area contributed by atoms with Gasteiger partial charge < -0.3 is 18.8 Å². The molecule has 0 aromatic carbocycles. The molecule has 0 aromatic rings. The van der Waals surface area contributed by atoms with Crippen molar-refractivity contribution in [3.8, 4) is 0 Å². The molecule has 0 bridgehead atoms. The summed E-state index contributed by atoms with van der Waals surface area (Å²) in [4.78, 5) is 14.5. The second-order valence-electron chi connectivity index (χ2n) is 10.5. The van der Waals surface area contributed by atoms with Gasteiger partial charge in [0.05, 0.1) is 24.7 Å². The average molecular weight is 402 g/mol. The van der Waals surface area contributed by atoms with Gasteiger partial charge in [-0.1, -0.05) is 41.5 Å². The van der Waals surface area contributed by atoms with Crippen molar-refractivity contribution in [2.45, 2.75) is 91.5 Å². The number of amides is 1. The molecule has 1 rings (SSSR count). The van der Waals surface area contributed by atoms with Crippen LogP contribution < -0.4 is 0 Å². The number of carbonyl (C=O) groups excluding carboxylic acids is 1. The van der Waals surface area contributed by atoms with Crippen LogP contribution in [0, 0.1) is 17.8 Å². The number of rotatable bonds is 6. The van der Waals surface area contributed by atoms with Crippen LogP contribution in [0.1, 0.15) is 55.4 Å². The summed E-state index contributed by atoms with van der Waals surface area (Å²) in [5, 5.41) is 0.0767. The van der Waals surface area contributed by atoms with Crippen molar-refractivity contribution in [1.82, 2.24) is 4.90 Å². The molecule has 0 radical (unpaired) electrons. The van der Waals surface area contributed by atoms with E-state index in [-0.39, 0.29) is 40.9 Å². The molecule has 0 spiro atoms. The first-order chi connectivity index (χ1) is 12.0. The summed E-state index contributed by atoms with van der Waals surface area (Å²) in [5.41, 5.74) is 0. The van der Waals surface area contributed by atoms with Gasteiger partial charge in [-0.3, -0.25) is 4.79 Å². The van der Waals surface area contributed by atoms with E-state index in [9.17, 15) is 4.79 Å². The molecule has 0 unspecified atom stereocenters. The molecule has 0 N–H and O–H groups in total. The first-order valence-corrected chi connectivity index (χ1v) is 13.1. The lowest BCUT2D eigenvalue weighted by molar-refractivity contribution is -0.304. The summed E-state index contributed by atoms with van der Waals surface area (Å²) in [5.74, 6) is -0.409. The summed E-state index contributed by atoms with van der Waals surface area (Å²) >= 11 is 0. The molecular formula is C21H43NO4Si. The lowest BCUT2D eigenvalue weighted by Crippen LogP contribution is -2.55. The minimum Gasteiger partial charge on any atom is -0.413 e. The largest absolute Gasteiger partial charge is 0.413 e. The molecule has 6 heteroatoms. The maximum atomic E-state index is 12.8. The van der Waals surface area contributed by atoms with E-state index >= 15 is 0 Å². The van der Waals surface area contributed by atoms with Gasteiger partial charge in [-0.15, -0.1) is 0 Å². The summed E-state index contributed by atoms with van der Waals surface area (Å²) < 4.78 is 19.0. The molecule has 1 fully saturated rings. The summed E-state index contributed by atoms with van der Waals surface area (Å²) in [6.45, 7) is 22.1. The predicted octanol–water partition coefficient (Wildman–Crippen LogP) is 4.52. The normalized spacial score (nSPS) is 27.0. The Morgan fingerprint density at radius 1 is 1.22 bits per heavy atom. The number of ether oxygens (including phenoxy) is 2. The van der Waals surface area contributed by atoms with Gasteiger partial charge in [0, 0.05) is 25.9 Å². The van der Waals surface area contributed by atoms with E-state index in [1.807, 2.05) is 34.9 Å². The number of hydrogen-bond acceptors (Lipinski definition) is 4. The fraction of sp³-hybridized carbons (Fsp3) is 0.952. The second-order valence-corrected chi connectivity index (χ2v) is 15.3. The van der Waals surface area contributed by atoms with Gasteiger partial charge in [0.1, 0.15) is 0 Å². The molecule has 0 saturated carbocycles. The zero-order valence-corrected chi connectivity index (χ0v) is 20.7. The Morgan fingerprint density at radius 3 is 2.19 bits per heavy atom. The highest BCUT2D eigenvalue weighted by molar-refractivity contribution is 6.74. The van der Waals surface area contributed by atoms with Crippen LogP contribution in [-0.4, -0.2) is 57.8 Å². The van der Waals surface area contributed by atoms with Crippen LogP contribution in [0.25, 0.3) is 0 Å². The number of nitrogens with zero attached hydrogens (tertiary/aromatic N) is 1. The van der Waals surface area contributed by atoms with Crippen molar-refractivity contribution in [3.05, 3.63) is 0 Å². The molecule has 1 heterocycles. The third kappa shape index (κ3) is 6.02. The van der Waals surface area contributed by atoms with Gasteiger partial charge >= 0.3 is 0 Å². The topological polar surface area (TPSA) is 48.0 Å². The number of carbonyl (C=O) groups is 1. The van der Waals surface area contributed by atoms with Crippen LogP contribution in [0.3, 0.4) is 0 Å². The Bertz CT molecular complexity index is 513. The Kier molecular flexibility index (Phi) is 7.76. The van der Waals surface area contributed by atoms with E-state index < -0.39 is 14.1 Å². The molecule has 160 valence electrons. The Hall–Kier alpha value is -0.433. The van der Waals surface area contributed by atoms with Crippen LogP contribution in [0.4, 0.5) is 0 Å². The van der Waals surface area contributed by atoms with E-state index in [2.05, 4.69) is 47.7 Å². The van der Waals surface area contributed by atoms with Crippen molar-refractivity contribution < 1.29 is 18.7 Å². The van der Waals surface area contributed by atoms with Crippen LogP contribution in [0.15, 0.2) is 0 Å². The standard InChI is InChI=1S/C21H43NO4Si/c1-14-13-24-21(7,8)25-17(14)15(2)18(16(3)19(23)22(9)10)26-27(11,12)20(4,5)6/h14-18H,13H2,1-12H3/t14-,15+,16-,17-,18-/m1/s1. The zero-order chi connectivity index (χ0) is 21.4. The first-order valence-electron chi connectivity index (χ1n) is 10.2. The predicted molar refractivity (Wildman–Crippen MR) is 113 cm³/mol. The monoisotopic (exact) mass is 401 g/mol. The second kappa shape index (κ2) is 8.52. The highest BCUT2D eigenvalue weighted by Gasteiger charge is 2.47. The van der Waals surface area contributed by atoms with Crippen molar-refractivity contribution in [2.24, 2.45) is 17.8 Å². The Labute approximate surface area is 168 Å². The third-order valence-corrected chi connectivity index (χ3v) is 10.7. The van der Waals surface area contributed by atoms with Crippen LogP contribution in [0.5, 0.6) is 0 Å². The fourth-order valence-electron chi connectivity index (χ4n) is 3.45. The molecule has 1 saturated heterocycles. The maximum absolute atomic E-state index is 12.8. The van der Waals surface area contributed by atoms with E-state index in [1.165, 1.54) is 0 Å². The van der Waals surface area contributed by atoms with Gasteiger partial charge in [-0.2, -0.15) is 0 Å². The summed E-state index contributed by atoms with van der Waals surface area (Å²) in [6.07, 6.45) is -0.205. The summed E-state index contributed by atoms with van der Waals surface area (Å²) in [6, 6.07) is 0. The minimum absolute atomic E-state index is 0.0130. The maximum Gasteiger partial charge on any atom is 0.227 e. The van der Waals surface area contributed by atoms with Crippen molar-refractivity contribution in [2.75, 3.05) is 20.7 Å². The molecule has 1 aliphatic heterocycles. The van der Waals surface area contributed by atoms with E-state index in [0.29, 0.717) is 6.61 Å². The first kappa shape index (κ1) is 24.6. The summed E-state index contributed by atoms with van der Waals surface area (Å²) in [7, 11) is 1.57. The van der Waals surface area contributed by atoms with Crippen LogP contribution in [-0.2, 0) is 18.7 Å². The molecule has 27 heavy (non-hydrogen) atoms. The van der Waals surface area contributed by atoms with Crippen LogP contribution >= 0.6 is 0 Å². The number of hydrogen-bond donors (Lipinski definition) is 0. The van der Waals surface area contributed by atoms with E-state index in [1.54, 1.807) is 4.90 Å². The molecule has 1 aliphatic rings. The lowest BCUT2D eigenvalue weighted by atomic mass is 9.83. The van der Waals surface area contributed by atoms with Gasteiger partial charge in [-0.25, -0.2) is 0 Å². The van der Waals surface area contributed by atoms with Crippen molar-refractivity contribution in [1.29, 1.82) is 0 Å². The van der Waals surface area contributed by atoms with Gasteiger partial charge in [0.2, 0.25) is 5.91 Å². The average Bonchev–Trinajstić information content (AvgIpc) is 2.51. The molecule has 1 amide bonds. The third-order valence-electron chi connectivity index (χ3n) is 6.27. The van der Waals surface area contributed by atoms with E-state index in [0.717, 1.165) is 0 Å². The highest BCUT2D eigenvalue weighted by Crippen LogP contribution is 2.41. The van der Waals surface area contributed by atoms with Crippen molar-refractivity contribution >= 4 is 14.2 Å². The molecule has 0 aromatic heterocycles. The van der Waals surface area contributed by atoms with Gasteiger partial charge in [-0.05, 0) is 32.0 Å². The van der Waals surface area contributed by atoms with Gasteiger partial charge in [0.15, 0.2) is 14.1 Å². The smallest absolute Gasteiger partial charge is 0.227 e. The molecule has 0 aliphatic carbocycles. The van der Waals surface area contributed by atoms with Crippen molar-refractivity contribution in [3.63, 3.8) is 0 Å². The Morgan fingerprint density at radius 2 is 1.74 bits per heavy atom. The lowest BCUT2D eigenvalue weighted by Gasteiger charge is -2.48. The minimum atomic E-state index is -2.05. The van der Waals surface area contributed by atoms with Crippen LogP contribution in [0.2, 0.25) is 18.1 Å². The highest BCUT2D eigenvalue weighted by atomic mass is 28.4. The van der Waals surface area contributed by atoms with E-state index in [4.69, 9.17) is 13.9 Å². The molecule has 5 nitrogen and oxygen atoms in total. The SMILES string of the molecule is C[C@H]([C@@H](O[Si](C)(C)C(C)(C)C)[C@@H](C)C(=O)N(C)C)[C@@H]1OC(C)(C)OC[C@H]1C. The fourth-order valence-corrected chi connectivity index (χ4v) is 4.90. The van der Waals surface area contributed by atoms with Gasteiger partial charge in [0.25, 0.3) is 0 Å². The molecular weight excluding hydrogens is 358 g/mol. The molecule has 5 atom stereocenters. The quantitative estimate of drug-likeness (QED) is 0.614.